The molecule has 0 aliphatic carbocycles. The number of alkyl halides is 3. The van der Waals surface area contributed by atoms with Gasteiger partial charge in [-0.1, -0.05) is 0 Å². The number of rotatable bonds is 3. The van der Waals surface area contributed by atoms with Gasteiger partial charge in [0.1, 0.15) is 11.9 Å². The lowest BCUT2D eigenvalue weighted by Crippen LogP contribution is -2.60. The first kappa shape index (κ1) is 16.0. The highest BCUT2D eigenvalue weighted by molar-refractivity contribution is 5.46. The number of nitrogens with zero attached hydrogens (tertiary/aromatic N) is 2. The van der Waals surface area contributed by atoms with Crippen LogP contribution in [0.3, 0.4) is 0 Å². The summed E-state index contributed by atoms with van der Waals surface area (Å²) in [6.45, 7) is 2.87. The number of hydrogen-bond acceptors (Lipinski definition) is 3. The lowest BCUT2D eigenvalue weighted by Gasteiger charge is -2.42. The van der Waals surface area contributed by atoms with Crippen LogP contribution in [0.5, 0.6) is 0 Å². The van der Waals surface area contributed by atoms with Crippen LogP contribution in [0, 0.1) is 5.82 Å². The van der Waals surface area contributed by atoms with E-state index in [1.54, 1.807) is 12.1 Å². The predicted molar refractivity (Wildman–Crippen MR) is 73.7 cm³/mol. The van der Waals surface area contributed by atoms with E-state index in [1.807, 2.05) is 4.90 Å². The van der Waals surface area contributed by atoms with Gasteiger partial charge in [-0.25, -0.2) is 4.39 Å². The molecule has 7 heteroatoms. The van der Waals surface area contributed by atoms with Crippen molar-refractivity contribution in [1.29, 1.82) is 0 Å². The van der Waals surface area contributed by atoms with Gasteiger partial charge < -0.3 is 10.6 Å². The molecule has 1 aliphatic rings. The highest BCUT2D eigenvalue weighted by Crippen LogP contribution is 2.28. The van der Waals surface area contributed by atoms with Gasteiger partial charge in [-0.2, -0.15) is 13.2 Å². The third-order valence-corrected chi connectivity index (χ3v) is 3.73. The van der Waals surface area contributed by atoms with Crippen LogP contribution in [-0.2, 0) is 0 Å². The maximum absolute atomic E-state index is 13.0. The summed E-state index contributed by atoms with van der Waals surface area (Å²) in [5.74, 6) is -0.327. The molecule has 2 atom stereocenters. The molecule has 118 valence electrons. The minimum atomic E-state index is -4.33. The van der Waals surface area contributed by atoms with Crippen molar-refractivity contribution in [3.8, 4) is 0 Å². The quantitative estimate of drug-likeness (QED) is 0.869. The van der Waals surface area contributed by atoms with Gasteiger partial charge in [0, 0.05) is 37.9 Å². The zero-order chi connectivity index (χ0) is 15.6. The zero-order valence-electron chi connectivity index (χ0n) is 11.8. The fourth-order valence-corrected chi connectivity index (χ4v) is 2.75. The van der Waals surface area contributed by atoms with Crippen LogP contribution in [0.15, 0.2) is 24.3 Å². The molecule has 1 saturated heterocycles. The minimum absolute atomic E-state index is 0.281. The third kappa shape index (κ3) is 3.85. The Balaban J connectivity index is 2.00. The van der Waals surface area contributed by atoms with Crippen LogP contribution >= 0.6 is 0 Å². The van der Waals surface area contributed by atoms with Crippen molar-refractivity contribution in [2.45, 2.75) is 25.2 Å². The molecule has 2 unspecified atom stereocenters. The van der Waals surface area contributed by atoms with Crippen LogP contribution in [-0.4, -0.2) is 49.3 Å². The Bertz CT molecular complexity index is 450. The van der Waals surface area contributed by atoms with Gasteiger partial charge >= 0.3 is 6.18 Å². The van der Waals surface area contributed by atoms with Gasteiger partial charge in [0.2, 0.25) is 0 Å². The van der Waals surface area contributed by atoms with Gasteiger partial charge in [-0.3, -0.25) is 4.90 Å². The van der Waals surface area contributed by atoms with E-state index in [2.05, 4.69) is 0 Å². The molecule has 1 fully saturated rings. The molecule has 21 heavy (non-hydrogen) atoms. The molecule has 0 radical (unpaired) electrons. The second kappa shape index (κ2) is 6.19. The minimum Gasteiger partial charge on any atom is -0.369 e. The summed E-state index contributed by atoms with van der Waals surface area (Å²) in [6.07, 6.45) is -4.33. The lowest BCUT2D eigenvalue weighted by atomic mass is 10.1. The van der Waals surface area contributed by atoms with E-state index in [-0.39, 0.29) is 18.9 Å². The number of nitrogens with two attached hydrogens (primary N) is 1. The van der Waals surface area contributed by atoms with Crippen LogP contribution < -0.4 is 10.6 Å². The van der Waals surface area contributed by atoms with Gasteiger partial charge in [0.05, 0.1) is 0 Å². The monoisotopic (exact) mass is 305 g/mol. The Morgan fingerprint density at radius 2 is 1.57 bits per heavy atom. The molecule has 2 N–H and O–H groups in total. The highest BCUT2D eigenvalue weighted by Gasteiger charge is 2.46. The fourth-order valence-electron chi connectivity index (χ4n) is 2.75. The topological polar surface area (TPSA) is 32.5 Å². The van der Waals surface area contributed by atoms with E-state index < -0.39 is 18.3 Å². The van der Waals surface area contributed by atoms with Crippen molar-refractivity contribution < 1.29 is 17.6 Å². The predicted octanol–water partition coefficient (Wildman–Crippen LogP) is 2.23. The normalized spacial score (nSPS) is 20.4. The summed E-state index contributed by atoms with van der Waals surface area (Å²) in [4.78, 5) is 3.33. The molecule has 1 aliphatic heterocycles. The first-order valence-electron chi connectivity index (χ1n) is 6.86. The Hall–Kier alpha value is -1.34. The standard InChI is InChI=1S/C14H19F4N3/c1-10(19)13(14(16,17)18)21-8-6-20(7-9-21)12-4-2-11(15)3-5-12/h2-5,10,13H,6-9,19H2,1H3. The van der Waals surface area contributed by atoms with Crippen molar-refractivity contribution in [3.05, 3.63) is 30.1 Å². The lowest BCUT2D eigenvalue weighted by molar-refractivity contribution is -0.188. The first-order chi connectivity index (χ1) is 9.79. The van der Waals surface area contributed by atoms with Gasteiger partial charge in [-0.15, -0.1) is 0 Å². The number of hydrogen-bond donors (Lipinski definition) is 1. The number of benzene rings is 1. The highest BCUT2D eigenvalue weighted by atomic mass is 19.4. The van der Waals surface area contributed by atoms with Crippen molar-refractivity contribution in [1.82, 2.24) is 4.90 Å². The van der Waals surface area contributed by atoms with Crippen molar-refractivity contribution in [2.24, 2.45) is 5.73 Å². The molecule has 3 nitrogen and oxygen atoms in total. The summed E-state index contributed by atoms with van der Waals surface area (Å²) in [5, 5.41) is 0. The molecule has 1 aromatic carbocycles. The molecule has 0 amide bonds. The van der Waals surface area contributed by atoms with Crippen molar-refractivity contribution >= 4 is 5.69 Å². The molecule has 1 aromatic rings. The zero-order valence-corrected chi connectivity index (χ0v) is 11.8. The smallest absolute Gasteiger partial charge is 0.369 e. The number of piperazine rings is 1. The van der Waals surface area contributed by atoms with Crippen LogP contribution in [0.1, 0.15) is 6.92 Å². The van der Waals surface area contributed by atoms with Crippen molar-refractivity contribution in [3.63, 3.8) is 0 Å². The average molecular weight is 305 g/mol. The number of halogens is 4. The molecule has 2 rings (SSSR count). The van der Waals surface area contributed by atoms with E-state index in [1.165, 1.54) is 24.0 Å². The van der Waals surface area contributed by atoms with Crippen LogP contribution in [0.25, 0.3) is 0 Å². The molecular formula is C14H19F4N3. The summed E-state index contributed by atoms with van der Waals surface area (Å²) in [6, 6.07) is 3.38. The first-order valence-corrected chi connectivity index (χ1v) is 6.86. The van der Waals surface area contributed by atoms with E-state index >= 15 is 0 Å². The molecule has 0 aromatic heterocycles. The van der Waals surface area contributed by atoms with E-state index in [4.69, 9.17) is 5.73 Å². The van der Waals surface area contributed by atoms with E-state index in [0.29, 0.717) is 13.1 Å². The molecule has 0 bridgehead atoms. The Morgan fingerprint density at radius 1 is 1.05 bits per heavy atom. The Kier molecular flexibility index (Phi) is 4.73. The Morgan fingerprint density at radius 3 is 2.00 bits per heavy atom. The van der Waals surface area contributed by atoms with Crippen LogP contribution in [0.2, 0.25) is 0 Å². The third-order valence-electron chi connectivity index (χ3n) is 3.73. The van der Waals surface area contributed by atoms with Crippen LogP contribution in [0.4, 0.5) is 23.2 Å². The van der Waals surface area contributed by atoms with Gasteiger partial charge in [0.25, 0.3) is 0 Å². The summed E-state index contributed by atoms with van der Waals surface area (Å²) in [5.41, 5.74) is 6.32. The maximum Gasteiger partial charge on any atom is 0.405 e. The number of anilines is 1. The summed E-state index contributed by atoms with van der Waals surface area (Å²) in [7, 11) is 0. The molecular weight excluding hydrogens is 286 g/mol. The Labute approximate surface area is 121 Å². The van der Waals surface area contributed by atoms with Crippen molar-refractivity contribution in [2.75, 3.05) is 31.1 Å². The van der Waals surface area contributed by atoms with E-state index in [9.17, 15) is 17.6 Å². The summed E-state index contributed by atoms with van der Waals surface area (Å²) >= 11 is 0. The fraction of sp³-hybridized carbons (Fsp3) is 0.571. The average Bonchev–Trinajstić information content (AvgIpc) is 2.38. The van der Waals surface area contributed by atoms with Gasteiger partial charge in [-0.05, 0) is 31.2 Å². The largest absolute Gasteiger partial charge is 0.405 e. The maximum atomic E-state index is 13.0. The second-order valence-electron chi connectivity index (χ2n) is 5.35. The molecule has 0 saturated carbocycles. The summed E-state index contributed by atoms with van der Waals surface area (Å²) < 4.78 is 52.0. The van der Waals surface area contributed by atoms with E-state index in [0.717, 1.165) is 5.69 Å². The second-order valence-corrected chi connectivity index (χ2v) is 5.35. The molecule has 0 spiro atoms. The SMILES string of the molecule is CC(N)C(N1CCN(c2ccc(F)cc2)CC1)C(F)(F)F. The molecule has 1 heterocycles. The van der Waals surface area contributed by atoms with Gasteiger partial charge in [0.15, 0.2) is 0 Å².